The summed E-state index contributed by atoms with van der Waals surface area (Å²) < 4.78 is 30.7. The minimum absolute atomic E-state index is 0.0368. The SMILES string of the molecule is COc1ccccc1CN(Cc1cc2cc3c(cc2[nH]c1=O)OCO3)C(=O)c1ccccc1F. The summed E-state index contributed by atoms with van der Waals surface area (Å²) in [6.45, 7) is 0.202. The molecule has 1 amide bonds. The first-order valence-electron chi connectivity index (χ1n) is 10.6. The number of aromatic nitrogens is 1. The molecule has 172 valence electrons. The van der Waals surface area contributed by atoms with Crippen LogP contribution in [-0.2, 0) is 13.1 Å². The summed E-state index contributed by atoms with van der Waals surface area (Å²) in [5, 5.41) is 0.731. The van der Waals surface area contributed by atoms with Gasteiger partial charge in [-0.1, -0.05) is 30.3 Å². The zero-order valence-corrected chi connectivity index (χ0v) is 18.3. The van der Waals surface area contributed by atoms with E-state index in [-0.39, 0.29) is 31.0 Å². The van der Waals surface area contributed by atoms with E-state index in [2.05, 4.69) is 4.98 Å². The maximum Gasteiger partial charge on any atom is 0.257 e. The van der Waals surface area contributed by atoms with Gasteiger partial charge in [0.15, 0.2) is 11.5 Å². The van der Waals surface area contributed by atoms with E-state index in [4.69, 9.17) is 14.2 Å². The first kappa shape index (κ1) is 21.5. The normalized spacial score (nSPS) is 12.1. The lowest BCUT2D eigenvalue weighted by Crippen LogP contribution is -2.33. The number of carbonyl (C=O) groups excluding carboxylic acids is 1. The average Bonchev–Trinajstić information content (AvgIpc) is 3.30. The van der Waals surface area contributed by atoms with E-state index in [0.717, 1.165) is 10.9 Å². The Hall–Kier alpha value is -4.33. The molecule has 0 aliphatic carbocycles. The molecule has 0 saturated carbocycles. The third-order valence-corrected chi connectivity index (χ3v) is 5.72. The molecule has 5 rings (SSSR count). The first-order valence-corrected chi connectivity index (χ1v) is 10.6. The number of halogens is 1. The number of fused-ring (bicyclic) bond motifs is 2. The maximum absolute atomic E-state index is 14.5. The molecule has 0 atom stereocenters. The molecule has 7 nitrogen and oxygen atoms in total. The molecule has 0 spiro atoms. The number of methoxy groups -OCH3 is 1. The number of hydrogen-bond donors (Lipinski definition) is 1. The first-order chi connectivity index (χ1) is 16.5. The second-order valence-corrected chi connectivity index (χ2v) is 7.87. The average molecular weight is 460 g/mol. The van der Waals surface area contributed by atoms with Gasteiger partial charge in [0, 0.05) is 29.1 Å². The number of pyridine rings is 1. The Labute approximate surface area is 194 Å². The molecule has 0 bridgehead atoms. The van der Waals surface area contributed by atoms with Crippen molar-refractivity contribution in [1.82, 2.24) is 9.88 Å². The van der Waals surface area contributed by atoms with Crippen LogP contribution in [0.3, 0.4) is 0 Å². The monoisotopic (exact) mass is 460 g/mol. The molecule has 1 aliphatic heterocycles. The number of ether oxygens (including phenoxy) is 3. The highest BCUT2D eigenvalue weighted by Gasteiger charge is 2.23. The van der Waals surface area contributed by atoms with E-state index < -0.39 is 11.7 Å². The van der Waals surface area contributed by atoms with Crippen molar-refractivity contribution < 1.29 is 23.4 Å². The summed E-state index contributed by atoms with van der Waals surface area (Å²) in [5.74, 6) is 0.572. The zero-order valence-electron chi connectivity index (χ0n) is 18.3. The largest absolute Gasteiger partial charge is 0.496 e. The van der Waals surface area contributed by atoms with E-state index in [1.807, 2.05) is 18.2 Å². The van der Waals surface area contributed by atoms with Gasteiger partial charge in [0.05, 0.1) is 24.7 Å². The smallest absolute Gasteiger partial charge is 0.257 e. The fourth-order valence-corrected chi connectivity index (χ4v) is 4.01. The molecule has 2 heterocycles. The number of aromatic amines is 1. The lowest BCUT2D eigenvalue weighted by Gasteiger charge is -2.24. The van der Waals surface area contributed by atoms with Crippen molar-refractivity contribution >= 4 is 16.8 Å². The number of amides is 1. The Morgan fingerprint density at radius 3 is 2.50 bits per heavy atom. The Morgan fingerprint density at radius 2 is 1.71 bits per heavy atom. The summed E-state index contributed by atoms with van der Waals surface area (Å²) in [6, 6.07) is 18.2. The minimum atomic E-state index is -0.627. The number of H-pyrrole nitrogens is 1. The maximum atomic E-state index is 14.5. The highest BCUT2D eigenvalue weighted by molar-refractivity contribution is 5.94. The fraction of sp³-hybridized carbons (Fsp3) is 0.154. The Balaban J connectivity index is 1.55. The highest BCUT2D eigenvalue weighted by atomic mass is 19.1. The van der Waals surface area contributed by atoms with E-state index in [0.29, 0.717) is 28.3 Å². The molecule has 0 radical (unpaired) electrons. The van der Waals surface area contributed by atoms with E-state index in [1.54, 1.807) is 37.4 Å². The third-order valence-electron chi connectivity index (χ3n) is 5.72. The van der Waals surface area contributed by atoms with Crippen LogP contribution in [0.2, 0.25) is 0 Å². The Morgan fingerprint density at radius 1 is 1.00 bits per heavy atom. The standard InChI is InChI=1S/C26H21FN2O5/c1-32-22-9-5-2-6-16(22)13-29(26(31)19-7-3-4-8-20(19)27)14-18-10-17-11-23-24(34-15-33-23)12-21(17)28-25(18)30/h2-12H,13-15H2,1H3,(H,28,30). The van der Waals surface area contributed by atoms with Crippen LogP contribution in [0.25, 0.3) is 10.9 Å². The summed E-state index contributed by atoms with van der Waals surface area (Å²) in [5.41, 5.74) is 1.26. The van der Waals surface area contributed by atoms with Crippen molar-refractivity contribution in [2.75, 3.05) is 13.9 Å². The summed E-state index contributed by atoms with van der Waals surface area (Å²) in [6.07, 6.45) is 0. The molecule has 8 heteroatoms. The summed E-state index contributed by atoms with van der Waals surface area (Å²) in [7, 11) is 1.54. The molecule has 4 aromatic rings. The topological polar surface area (TPSA) is 80.9 Å². The quantitative estimate of drug-likeness (QED) is 0.465. The minimum Gasteiger partial charge on any atom is -0.496 e. The summed E-state index contributed by atoms with van der Waals surface area (Å²) in [4.78, 5) is 30.6. The number of nitrogens with zero attached hydrogens (tertiary/aromatic N) is 1. The molecule has 1 aliphatic rings. The van der Waals surface area contributed by atoms with Crippen LogP contribution in [0.1, 0.15) is 21.5 Å². The highest BCUT2D eigenvalue weighted by Crippen LogP contribution is 2.35. The number of para-hydroxylation sites is 1. The molecule has 0 saturated heterocycles. The molecule has 0 fully saturated rings. The van der Waals surface area contributed by atoms with Crippen LogP contribution < -0.4 is 19.8 Å². The van der Waals surface area contributed by atoms with Crippen LogP contribution in [-0.4, -0.2) is 29.7 Å². The van der Waals surface area contributed by atoms with Gasteiger partial charge in [0.25, 0.3) is 11.5 Å². The second kappa shape index (κ2) is 8.90. The molecule has 3 aromatic carbocycles. The van der Waals surface area contributed by atoms with Gasteiger partial charge < -0.3 is 24.1 Å². The number of nitrogens with one attached hydrogen (secondary N) is 1. The Bertz CT molecular complexity index is 1450. The molecule has 0 unspecified atom stereocenters. The molecule has 1 aromatic heterocycles. The number of benzene rings is 3. The molecule has 34 heavy (non-hydrogen) atoms. The zero-order chi connectivity index (χ0) is 23.7. The molecular formula is C26H21FN2O5. The van der Waals surface area contributed by atoms with Crippen molar-refractivity contribution in [3.63, 3.8) is 0 Å². The van der Waals surface area contributed by atoms with Gasteiger partial charge in [-0.25, -0.2) is 4.39 Å². The summed E-state index contributed by atoms with van der Waals surface area (Å²) >= 11 is 0. The lowest BCUT2D eigenvalue weighted by atomic mass is 10.1. The predicted octanol–water partition coefficient (Wildman–Crippen LogP) is 4.25. The second-order valence-electron chi connectivity index (χ2n) is 7.87. The number of hydrogen-bond acceptors (Lipinski definition) is 5. The van der Waals surface area contributed by atoms with Crippen LogP contribution in [0.15, 0.2) is 71.5 Å². The Kier molecular flexibility index (Phi) is 5.63. The van der Waals surface area contributed by atoms with Gasteiger partial charge in [-0.3, -0.25) is 9.59 Å². The van der Waals surface area contributed by atoms with E-state index in [1.165, 1.54) is 23.1 Å². The molecular weight excluding hydrogens is 439 g/mol. The van der Waals surface area contributed by atoms with Crippen molar-refractivity contribution in [2.24, 2.45) is 0 Å². The van der Waals surface area contributed by atoms with Crippen molar-refractivity contribution in [3.8, 4) is 17.2 Å². The number of rotatable bonds is 6. The van der Waals surface area contributed by atoms with Crippen LogP contribution in [0, 0.1) is 5.82 Å². The van der Waals surface area contributed by atoms with Crippen molar-refractivity contribution in [2.45, 2.75) is 13.1 Å². The lowest BCUT2D eigenvalue weighted by molar-refractivity contribution is 0.0723. The van der Waals surface area contributed by atoms with Crippen LogP contribution >= 0.6 is 0 Å². The van der Waals surface area contributed by atoms with Crippen LogP contribution in [0.4, 0.5) is 4.39 Å². The van der Waals surface area contributed by atoms with Gasteiger partial charge in [-0.15, -0.1) is 0 Å². The number of carbonyl (C=O) groups is 1. The third kappa shape index (κ3) is 4.05. The van der Waals surface area contributed by atoms with E-state index >= 15 is 0 Å². The van der Waals surface area contributed by atoms with E-state index in [9.17, 15) is 14.0 Å². The molecule has 1 N–H and O–H groups in total. The van der Waals surface area contributed by atoms with Gasteiger partial charge >= 0.3 is 0 Å². The predicted molar refractivity (Wildman–Crippen MR) is 124 cm³/mol. The fourth-order valence-electron chi connectivity index (χ4n) is 4.01. The van der Waals surface area contributed by atoms with Gasteiger partial charge in [0.2, 0.25) is 6.79 Å². The van der Waals surface area contributed by atoms with Gasteiger partial charge in [-0.05, 0) is 30.3 Å². The van der Waals surface area contributed by atoms with Gasteiger partial charge in [0.1, 0.15) is 11.6 Å². The van der Waals surface area contributed by atoms with Crippen molar-refractivity contribution in [1.29, 1.82) is 0 Å². The van der Waals surface area contributed by atoms with Crippen LogP contribution in [0.5, 0.6) is 17.2 Å². The van der Waals surface area contributed by atoms with Crippen molar-refractivity contribution in [3.05, 3.63) is 99.6 Å². The van der Waals surface area contributed by atoms with Gasteiger partial charge in [-0.2, -0.15) is 0 Å².